The smallest absolute Gasteiger partial charge is 0.272 e. The summed E-state index contributed by atoms with van der Waals surface area (Å²) in [5, 5.41) is 3.23. The highest BCUT2D eigenvalue weighted by Crippen LogP contribution is 2.15. The summed E-state index contributed by atoms with van der Waals surface area (Å²) >= 11 is 1.62. The molecule has 1 amide bonds. The van der Waals surface area contributed by atoms with Crippen LogP contribution in [0.15, 0.2) is 23.2 Å². The van der Waals surface area contributed by atoms with Gasteiger partial charge in [-0.3, -0.25) is 9.78 Å². The van der Waals surface area contributed by atoms with Crippen molar-refractivity contribution in [2.24, 2.45) is 0 Å². The van der Waals surface area contributed by atoms with Gasteiger partial charge >= 0.3 is 0 Å². The Morgan fingerprint density at radius 3 is 2.94 bits per heavy atom. The van der Waals surface area contributed by atoms with Gasteiger partial charge in [0.25, 0.3) is 5.91 Å². The molecule has 1 aromatic rings. The van der Waals surface area contributed by atoms with Crippen molar-refractivity contribution in [2.75, 3.05) is 32.4 Å². The van der Waals surface area contributed by atoms with E-state index in [1.165, 1.54) is 0 Å². The predicted molar refractivity (Wildman–Crippen MR) is 64.8 cm³/mol. The predicted octanol–water partition coefficient (Wildman–Crippen LogP) is 0.849. The SMILES string of the molecule is CSc1ccnc(C(=O)N2CCNCC2)c1. The molecule has 86 valence electrons. The maximum atomic E-state index is 12.1. The fourth-order valence-electron chi connectivity index (χ4n) is 1.69. The molecule has 16 heavy (non-hydrogen) atoms. The van der Waals surface area contributed by atoms with Crippen molar-refractivity contribution in [3.8, 4) is 0 Å². The van der Waals surface area contributed by atoms with Crippen molar-refractivity contribution in [1.29, 1.82) is 0 Å². The Balaban J connectivity index is 2.12. The standard InChI is InChI=1S/C11H15N3OS/c1-16-9-2-3-13-10(8-9)11(15)14-6-4-12-5-7-14/h2-3,8,12H,4-7H2,1H3. The molecular formula is C11H15N3OS. The van der Waals surface area contributed by atoms with E-state index in [0.29, 0.717) is 5.69 Å². The number of carbonyl (C=O) groups is 1. The second-order valence-electron chi connectivity index (χ2n) is 3.62. The Bertz CT molecular complexity index is 377. The van der Waals surface area contributed by atoms with Gasteiger partial charge in [-0.15, -0.1) is 11.8 Å². The molecule has 1 aliphatic heterocycles. The number of rotatable bonds is 2. The van der Waals surface area contributed by atoms with Crippen LogP contribution < -0.4 is 5.32 Å². The van der Waals surface area contributed by atoms with E-state index in [1.807, 2.05) is 23.3 Å². The molecule has 0 aliphatic carbocycles. The van der Waals surface area contributed by atoms with Crippen LogP contribution in [0.1, 0.15) is 10.5 Å². The van der Waals surface area contributed by atoms with Crippen molar-refractivity contribution in [3.05, 3.63) is 24.0 Å². The largest absolute Gasteiger partial charge is 0.335 e. The molecule has 1 N–H and O–H groups in total. The molecule has 1 fully saturated rings. The summed E-state index contributed by atoms with van der Waals surface area (Å²) in [7, 11) is 0. The molecule has 1 aliphatic rings. The Morgan fingerprint density at radius 1 is 1.50 bits per heavy atom. The quantitative estimate of drug-likeness (QED) is 0.775. The Kier molecular flexibility index (Phi) is 3.79. The third-order valence-electron chi connectivity index (χ3n) is 2.59. The molecule has 5 heteroatoms. The summed E-state index contributed by atoms with van der Waals surface area (Å²) < 4.78 is 0. The molecule has 0 spiro atoms. The summed E-state index contributed by atoms with van der Waals surface area (Å²) in [6.07, 6.45) is 3.69. The van der Waals surface area contributed by atoms with Crippen LogP contribution in [0.5, 0.6) is 0 Å². The average molecular weight is 237 g/mol. The molecule has 0 bridgehead atoms. The molecule has 4 nitrogen and oxygen atoms in total. The fraction of sp³-hybridized carbons (Fsp3) is 0.455. The minimum Gasteiger partial charge on any atom is -0.335 e. The highest BCUT2D eigenvalue weighted by Gasteiger charge is 2.18. The van der Waals surface area contributed by atoms with Crippen LogP contribution in [0, 0.1) is 0 Å². The Morgan fingerprint density at radius 2 is 2.25 bits per heavy atom. The lowest BCUT2D eigenvalue weighted by Gasteiger charge is -2.27. The lowest BCUT2D eigenvalue weighted by molar-refractivity contribution is 0.0729. The van der Waals surface area contributed by atoms with Gasteiger partial charge in [0.05, 0.1) is 0 Å². The lowest BCUT2D eigenvalue weighted by Crippen LogP contribution is -2.46. The zero-order valence-electron chi connectivity index (χ0n) is 9.27. The number of nitrogens with one attached hydrogen (secondary N) is 1. The first kappa shape index (κ1) is 11.4. The number of amides is 1. The number of pyridine rings is 1. The van der Waals surface area contributed by atoms with Crippen LogP contribution in [-0.2, 0) is 0 Å². The molecule has 2 rings (SSSR count). The zero-order chi connectivity index (χ0) is 11.4. The number of aromatic nitrogens is 1. The van der Waals surface area contributed by atoms with Gasteiger partial charge in [-0.1, -0.05) is 0 Å². The number of thioether (sulfide) groups is 1. The summed E-state index contributed by atoms with van der Waals surface area (Å²) in [4.78, 5) is 19.2. The van der Waals surface area contributed by atoms with Crippen molar-refractivity contribution >= 4 is 17.7 Å². The van der Waals surface area contributed by atoms with E-state index in [-0.39, 0.29) is 5.91 Å². The third-order valence-corrected chi connectivity index (χ3v) is 3.32. The topological polar surface area (TPSA) is 45.2 Å². The van der Waals surface area contributed by atoms with E-state index in [0.717, 1.165) is 31.1 Å². The number of nitrogens with zero attached hydrogens (tertiary/aromatic N) is 2. The van der Waals surface area contributed by atoms with Crippen LogP contribution in [0.2, 0.25) is 0 Å². The van der Waals surface area contributed by atoms with Gasteiger partial charge in [0, 0.05) is 37.3 Å². The van der Waals surface area contributed by atoms with E-state index in [9.17, 15) is 4.79 Å². The molecule has 0 aromatic carbocycles. The zero-order valence-corrected chi connectivity index (χ0v) is 10.1. The maximum absolute atomic E-state index is 12.1. The van der Waals surface area contributed by atoms with Gasteiger partial charge in [-0.2, -0.15) is 0 Å². The minimum atomic E-state index is 0.0393. The van der Waals surface area contributed by atoms with Crippen LogP contribution in [0.4, 0.5) is 0 Å². The number of hydrogen-bond donors (Lipinski definition) is 1. The molecule has 1 saturated heterocycles. The monoisotopic (exact) mass is 237 g/mol. The molecule has 0 saturated carbocycles. The molecule has 0 unspecified atom stereocenters. The summed E-state index contributed by atoms with van der Waals surface area (Å²) in [5.41, 5.74) is 0.550. The van der Waals surface area contributed by atoms with Gasteiger partial charge in [-0.25, -0.2) is 0 Å². The van der Waals surface area contributed by atoms with Crippen LogP contribution in [-0.4, -0.2) is 48.2 Å². The first-order valence-corrected chi connectivity index (χ1v) is 6.54. The lowest BCUT2D eigenvalue weighted by atomic mass is 10.3. The fourth-order valence-corrected chi connectivity index (χ4v) is 2.11. The van der Waals surface area contributed by atoms with Crippen LogP contribution in [0.25, 0.3) is 0 Å². The van der Waals surface area contributed by atoms with Gasteiger partial charge in [0.1, 0.15) is 5.69 Å². The first-order valence-electron chi connectivity index (χ1n) is 5.31. The average Bonchev–Trinajstić information content (AvgIpc) is 2.39. The van der Waals surface area contributed by atoms with Crippen LogP contribution in [0.3, 0.4) is 0 Å². The van der Waals surface area contributed by atoms with E-state index < -0.39 is 0 Å². The summed E-state index contributed by atoms with van der Waals surface area (Å²) in [6, 6.07) is 3.77. The Labute approximate surface area is 99.4 Å². The van der Waals surface area contributed by atoms with Crippen molar-refractivity contribution in [1.82, 2.24) is 15.2 Å². The van der Waals surface area contributed by atoms with Gasteiger partial charge in [-0.05, 0) is 18.4 Å². The molecule has 2 heterocycles. The third kappa shape index (κ3) is 2.54. The number of hydrogen-bond acceptors (Lipinski definition) is 4. The van der Waals surface area contributed by atoms with Crippen molar-refractivity contribution < 1.29 is 4.79 Å². The van der Waals surface area contributed by atoms with E-state index >= 15 is 0 Å². The molecule has 1 aromatic heterocycles. The number of carbonyl (C=O) groups excluding carboxylic acids is 1. The van der Waals surface area contributed by atoms with E-state index in [4.69, 9.17) is 0 Å². The molecule has 0 atom stereocenters. The summed E-state index contributed by atoms with van der Waals surface area (Å²) in [6.45, 7) is 3.27. The normalized spacial score (nSPS) is 16.2. The van der Waals surface area contributed by atoms with Crippen molar-refractivity contribution in [3.63, 3.8) is 0 Å². The second kappa shape index (κ2) is 5.32. The summed E-state index contributed by atoms with van der Waals surface area (Å²) in [5.74, 6) is 0.0393. The van der Waals surface area contributed by atoms with Gasteiger partial charge < -0.3 is 10.2 Å². The molecule has 0 radical (unpaired) electrons. The van der Waals surface area contributed by atoms with E-state index in [1.54, 1.807) is 18.0 Å². The van der Waals surface area contributed by atoms with E-state index in [2.05, 4.69) is 10.3 Å². The Hall–Kier alpha value is -1.07. The van der Waals surface area contributed by atoms with Gasteiger partial charge in [0.2, 0.25) is 0 Å². The highest BCUT2D eigenvalue weighted by atomic mass is 32.2. The molecular weight excluding hydrogens is 222 g/mol. The minimum absolute atomic E-state index is 0.0393. The maximum Gasteiger partial charge on any atom is 0.272 e. The first-order chi connectivity index (χ1) is 7.81. The highest BCUT2D eigenvalue weighted by molar-refractivity contribution is 7.98. The number of piperazine rings is 1. The van der Waals surface area contributed by atoms with Crippen molar-refractivity contribution in [2.45, 2.75) is 4.90 Å². The second-order valence-corrected chi connectivity index (χ2v) is 4.50. The van der Waals surface area contributed by atoms with Gasteiger partial charge in [0.15, 0.2) is 0 Å². The van der Waals surface area contributed by atoms with Crippen LogP contribution >= 0.6 is 11.8 Å².